The number of benzene rings is 2. The van der Waals surface area contributed by atoms with Crippen molar-refractivity contribution in [3.05, 3.63) is 71.8 Å². The lowest BCUT2D eigenvalue weighted by Crippen LogP contribution is -2.60. The van der Waals surface area contributed by atoms with Gasteiger partial charge in [0.05, 0.1) is 18.6 Å². The van der Waals surface area contributed by atoms with Gasteiger partial charge in [-0.25, -0.2) is 4.79 Å². The molecular weight excluding hydrogens is 805 g/mol. The van der Waals surface area contributed by atoms with E-state index in [0.717, 1.165) is 0 Å². The summed E-state index contributed by atoms with van der Waals surface area (Å²) in [6.45, 7) is 11.7. The van der Waals surface area contributed by atoms with E-state index in [-0.39, 0.29) is 18.8 Å². The average Bonchev–Trinajstić information content (AvgIpc) is 3.20. The van der Waals surface area contributed by atoms with Crippen LogP contribution >= 0.6 is 0 Å². The quantitative estimate of drug-likeness (QED) is 0.0653. The molecule has 0 saturated heterocycles. The maximum atomic E-state index is 13.7. The van der Waals surface area contributed by atoms with E-state index in [1.54, 1.807) is 88.4 Å². The lowest BCUT2D eigenvalue weighted by Gasteiger charge is -2.29. The minimum Gasteiger partial charge on any atom is -0.481 e. The zero-order valence-corrected chi connectivity index (χ0v) is 36.7. The van der Waals surface area contributed by atoms with Crippen molar-refractivity contribution < 1.29 is 58.4 Å². The Bertz CT molecular complexity index is 1810. The van der Waals surface area contributed by atoms with Crippen LogP contribution in [0, 0.1) is 17.8 Å². The number of nitrogens with one attached hydrogen (secondary N) is 6. The molecule has 18 heteroatoms. The minimum absolute atomic E-state index is 0.0254. The molecule has 0 unspecified atom stereocenters. The van der Waals surface area contributed by atoms with Crippen molar-refractivity contribution >= 4 is 47.4 Å². The number of carbonyl (C=O) groups excluding carboxylic acids is 6. The second-order valence-electron chi connectivity index (χ2n) is 16.4. The Morgan fingerprint density at radius 3 is 1.66 bits per heavy atom. The van der Waals surface area contributed by atoms with Gasteiger partial charge in [-0.05, 0) is 48.6 Å². The maximum absolute atomic E-state index is 13.7. The van der Waals surface area contributed by atoms with E-state index < -0.39 is 121 Å². The minimum atomic E-state index is -1.47. The Balaban J connectivity index is 2.12. The van der Waals surface area contributed by atoms with Crippen molar-refractivity contribution in [2.75, 3.05) is 7.11 Å². The van der Waals surface area contributed by atoms with Crippen LogP contribution in [0.3, 0.4) is 0 Å². The van der Waals surface area contributed by atoms with Crippen LogP contribution in [-0.2, 0) is 49.5 Å². The van der Waals surface area contributed by atoms with Crippen LogP contribution in [0.25, 0.3) is 0 Å². The standard InChI is InChI=1S/C44H64N6O12/c1-24(2)21-31(47-43(59)38(62-8)29-17-13-10-14-18-29)33(51)23-34(52)49-36(25(3)4)42(58)50-37(26(5)6)41(57)45-27(7)39(55)46-30(19-20-35(53)54)40(56)48-32(44(60)61)22-28-15-11-9-12-16-28/h9-18,24-27,30-33,36-38,51H,19-23H2,1-8H3,(H,45,57)(H,46,55)(H,47,59)(H,48,56)(H,49,52)(H,50,58)(H,53,54)(H,60,61)/t27-,30-,31-,32-,33-,36-,37-,38+/m0/s1. The van der Waals surface area contributed by atoms with Gasteiger partial charge in [0.15, 0.2) is 6.10 Å². The molecule has 8 atom stereocenters. The van der Waals surface area contributed by atoms with Gasteiger partial charge in [-0.3, -0.25) is 33.6 Å². The van der Waals surface area contributed by atoms with Gasteiger partial charge < -0.3 is 52.0 Å². The van der Waals surface area contributed by atoms with Crippen LogP contribution in [0.4, 0.5) is 0 Å². The van der Waals surface area contributed by atoms with Crippen molar-refractivity contribution in [1.29, 1.82) is 0 Å². The zero-order valence-electron chi connectivity index (χ0n) is 36.7. The highest BCUT2D eigenvalue weighted by Crippen LogP contribution is 2.19. The summed E-state index contributed by atoms with van der Waals surface area (Å²) in [6, 6.07) is 9.89. The maximum Gasteiger partial charge on any atom is 0.326 e. The molecule has 0 spiro atoms. The van der Waals surface area contributed by atoms with Crippen molar-refractivity contribution in [2.45, 2.75) is 129 Å². The van der Waals surface area contributed by atoms with Gasteiger partial charge in [0.1, 0.15) is 30.2 Å². The SMILES string of the molecule is CO[C@@H](C(=O)N[C@@H](CC(C)C)[C@@H](O)CC(=O)N[C@H](C(=O)N[C@H](C(=O)N[C@@H](C)C(=O)N[C@@H](CCC(=O)O)C(=O)N[C@@H](Cc1ccccc1)C(=O)O)C(C)C)C(C)C)c1ccccc1. The molecule has 18 nitrogen and oxygen atoms in total. The molecular formula is C44H64N6O12. The van der Waals surface area contributed by atoms with Gasteiger partial charge in [-0.15, -0.1) is 0 Å². The fraction of sp³-hybridized carbons (Fsp3) is 0.545. The number of hydrogen-bond donors (Lipinski definition) is 9. The molecule has 2 aromatic carbocycles. The number of aliphatic hydroxyl groups excluding tert-OH is 1. The third kappa shape index (κ3) is 17.6. The summed E-state index contributed by atoms with van der Waals surface area (Å²) in [7, 11) is 1.39. The van der Waals surface area contributed by atoms with Gasteiger partial charge in [-0.1, -0.05) is 102 Å². The normalized spacial score (nSPS) is 15.2. The lowest BCUT2D eigenvalue weighted by atomic mass is 9.95. The largest absolute Gasteiger partial charge is 0.481 e. The van der Waals surface area contributed by atoms with E-state index >= 15 is 0 Å². The molecule has 0 aliphatic heterocycles. The highest BCUT2D eigenvalue weighted by atomic mass is 16.5. The summed E-state index contributed by atoms with van der Waals surface area (Å²) >= 11 is 0. The Hall–Kier alpha value is -5.88. The first-order chi connectivity index (χ1) is 29.1. The van der Waals surface area contributed by atoms with Gasteiger partial charge in [0.25, 0.3) is 5.91 Å². The number of rotatable bonds is 26. The van der Waals surface area contributed by atoms with Crippen LogP contribution in [0.15, 0.2) is 60.7 Å². The van der Waals surface area contributed by atoms with Crippen LogP contribution in [0.1, 0.15) is 91.4 Å². The van der Waals surface area contributed by atoms with Crippen molar-refractivity contribution in [2.24, 2.45) is 17.8 Å². The molecule has 2 aromatic rings. The number of ether oxygens (including phenoxy) is 1. The number of aliphatic hydroxyl groups is 1. The highest BCUT2D eigenvalue weighted by molar-refractivity contribution is 5.96. The van der Waals surface area contributed by atoms with Crippen LogP contribution < -0.4 is 31.9 Å². The lowest BCUT2D eigenvalue weighted by molar-refractivity contribution is -0.143. The molecule has 6 amide bonds. The topological polar surface area (TPSA) is 279 Å². The summed E-state index contributed by atoms with van der Waals surface area (Å²) in [5, 5.41) is 45.6. The van der Waals surface area contributed by atoms with Crippen LogP contribution in [0.2, 0.25) is 0 Å². The first-order valence-electron chi connectivity index (χ1n) is 20.7. The Morgan fingerprint density at radius 2 is 1.15 bits per heavy atom. The number of carbonyl (C=O) groups is 8. The van der Waals surface area contributed by atoms with E-state index in [9.17, 15) is 53.7 Å². The molecule has 0 aliphatic rings. The summed E-state index contributed by atoms with van der Waals surface area (Å²) in [6.07, 6.45) is -3.43. The van der Waals surface area contributed by atoms with Gasteiger partial charge >= 0.3 is 11.9 Å². The average molecular weight is 869 g/mol. The molecule has 0 radical (unpaired) electrons. The van der Waals surface area contributed by atoms with E-state index in [2.05, 4.69) is 31.9 Å². The predicted molar refractivity (Wildman–Crippen MR) is 228 cm³/mol. The molecule has 2 rings (SSSR count). The summed E-state index contributed by atoms with van der Waals surface area (Å²) < 4.78 is 5.43. The van der Waals surface area contributed by atoms with E-state index in [4.69, 9.17) is 4.74 Å². The highest BCUT2D eigenvalue weighted by Gasteiger charge is 2.35. The second-order valence-corrected chi connectivity index (χ2v) is 16.4. The third-order valence-corrected chi connectivity index (χ3v) is 9.93. The number of hydrogen-bond acceptors (Lipinski definition) is 10. The number of aliphatic carboxylic acids is 2. The van der Waals surface area contributed by atoms with E-state index in [1.807, 2.05) is 13.8 Å². The molecule has 0 fully saturated rings. The summed E-state index contributed by atoms with van der Waals surface area (Å²) in [5.74, 6) is -8.12. The van der Waals surface area contributed by atoms with Gasteiger partial charge in [0.2, 0.25) is 29.5 Å². The fourth-order valence-corrected chi connectivity index (χ4v) is 6.50. The molecule has 0 bridgehead atoms. The number of carboxylic acids is 2. The summed E-state index contributed by atoms with van der Waals surface area (Å²) in [5.41, 5.74) is 1.22. The smallest absolute Gasteiger partial charge is 0.326 e. The van der Waals surface area contributed by atoms with Crippen LogP contribution in [-0.4, -0.2) is 112 Å². The van der Waals surface area contributed by atoms with Gasteiger partial charge in [0, 0.05) is 20.0 Å². The Kier molecular flexibility index (Phi) is 21.7. The van der Waals surface area contributed by atoms with Crippen molar-refractivity contribution in [3.63, 3.8) is 0 Å². The predicted octanol–water partition coefficient (Wildman–Crippen LogP) is 1.60. The molecule has 0 aromatic heterocycles. The monoisotopic (exact) mass is 868 g/mol. The number of methoxy groups -OCH3 is 1. The van der Waals surface area contributed by atoms with Crippen molar-refractivity contribution in [3.8, 4) is 0 Å². The molecule has 0 aliphatic carbocycles. The molecule has 0 heterocycles. The second kappa shape index (κ2) is 25.8. The van der Waals surface area contributed by atoms with Crippen LogP contribution in [0.5, 0.6) is 0 Å². The first-order valence-corrected chi connectivity index (χ1v) is 20.7. The Labute approximate surface area is 362 Å². The van der Waals surface area contributed by atoms with Crippen molar-refractivity contribution in [1.82, 2.24) is 31.9 Å². The van der Waals surface area contributed by atoms with E-state index in [1.165, 1.54) is 14.0 Å². The molecule has 9 N–H and O–H groups in total. The molecule has 0 saturated carbocycles. The third-order valence-electron chi connectivity index (χ3n) is 9.93. The zero-order chi connectivity index (χ0) is 46.7. The van der Waals surface area contributed by atoms with E-state index in [0.29, 0.717) is 17.5 Å². The fourth-order valence-electron chi connectivity index (χ4n) is 6.50. The number of amides is 6. The Morgan fingerprint density at radius 1 is 0.613 bits per heavy atom. The molecule has 62 heavy (non-hydrogen) atoms. The molecule has 342 valence electrons. The first kappa shape index (κ1) is 52.3. The summed E-state index contributed by atoms with van der Waals surface area (Å²) in [4.78, 5) is 104. The van der Waals surface area contributed by atoms with Gasteiger partial charge in [-0.2, -0.15) is 0 Å². The number of carboxylic acid groups (broad SMARTS) is 2.